The summed E-state index contributed by atoms with van der Waals surface area (Å²) < 4.78 is 23.7. The summed E-state index contributed by atoms with van der Waals surface area (Å²) in [6, 6.07) is 7.63. The van der Waals surface area contributed by atoms with Crippen molar-refractivity contribution < 1.29 is 13.2 Å². The van der Waals surface area contributed by atoms with Crippen LogP contribution < -0.4 is 11.1 Å². The molecule has 0 spiro atoms. The minimum absolute atomic E-state index is 0.0202. The molecule has 3 N–H and O–H groups in total. The Morgan fingerprint density at radius 3 is 2.62 bits per heavy atom. The zero-order valence-electron chi connectivity index (χ0n) is 11.1. The van der Waals surface area contributed by atoms with Gasteiger partial charge in [-0.1, -0.05) is 11.6 Å². The van der Waals surface area contributed by atoms with Crippen LogP contribution in [0.3, 0.4) is 0 Å². The van der Waals surface area contributed by atoms with Crippen molar-refractivity contribution in [2.75, 3.05) is 12.0 Å². The van der Waals surface area contributed by atoms with Crippen molar-refractivity contribution in [2.24, 2.45) is 0 Å². The van der Waals surface area contributed by atoms with Gasteiger partial charge in [0.05, 0.1) is 15.8 Å². The predicted octanol–water partition coefficient (Wildman–Crippen LogP) is 2.32. The first-order valence-electron chi connectivity index (χ1n) is 5.89. The van der Waals surface area contributed by atoms with Crippen LogP contribution in [0.1, 0.15) is 15.2 Å². The van der Waals surface area contributed by atoms with Gasteiger partial charge < -0.3 is 11.1 Å². The molecule has 0 radical (unpaired) electrons. The summed E-state index contributed by atoms with van der Waals surface area (Å²) in [7, 11) is -3.42. The summed E-state index contributed by atoms with van der Waals surface area (Å²) in [6.07, 6.45) is 1.07. The van der Waals surface area contributed by atoms with E-state index in [-0.39, 0.29) is 16.1 Å². The molecular weight excluding hydrogens is 332 g/mol. The summed E-state index contributed by atoms with van der Waals surface area (Å²) >= 11 is 7.17. The van der Waals surface area contributed by atoms with Crippen molar-refractivity contribution in [3.05, 3.63) is 45.1 Å². The highest BCUT2D eigenvalue weighted by molar-refractivity contribution is 7.90. The number of carbonyl (C=O) groups excluding carboxylic acids is 1. The third-order valence-corrected chi connectivity index (χ3v) is 4.99. The molecule has 1 heterocycles. The predicted molar refractivity (Wildman–Crippen MR) is 84.5 cm³/mol. The topological polar surface area (TPSA) is 89.3 Å². The Kier molecular flexibility index (Phi) is 4.55. The molecule has 1 aromatic heterocycles. The standard InChI is InChI=1S/C13H13ClN2O3S2/c1-21(18,19)11-5-8(4-9(15)6-11)13(17)16-7-10-2-3-12(14)20-10/h2-6H,7,15H2,1H3,(H,16,17). The summed E-state index contributed by atoms with van der Waals surface area (Å²) in [5.41, 5.74) is 6.08. The Labute approximate surface area is 131 Å². The fourth-order valence-corrected chi connectivity index (χ4v) is 3.40. The van der Waals surface area contributed by atoms with Gasteiger partial charge in [-0.25, -0.2) is 8.42 Å². The lowest BCUT2D eigenvalue weighted by Gasteiger charge is -2.07. The number of carbonyl (C=O) groups is 1. The van der Waals surface area contributed by atoms with E-state index in [9.17, 15) is 13.2 Å². The number of amides is 1. The molecule has 8 heteroatoms. The number of nitrogens with two attached hydrogens (primary N) is 1. The van der Waals surface area contributed by atoms with Crippen LogP contribution in [0.5, 0.6) is 0 Å². The van der Waals surface area contributed by atoms with Gasteiger partial charge in [-0.05, 0) is 30.3 Å². The summed E-state index contributed by atoms with van der Waals surface area (Å²) in [6.45, 7) is 0.319. The summed E-state index contributed by atoms with van der Waals surface area (Å²) in [5, 5.41) is 2.70. The minimum atomic E-state index is -3.42. The molecule has 1 aromatic carbocycles. The van der Waals surface area contributed by atoms with E-state index in [0.717, 1.165) is 11.1 Å². The van der Waals surface area contributed by atoms with Gasteiger partial charge in [0, 0.05) is 22.4 Å². The minimum Gasteiger partial charge on any atom is -0.399 e. The molecule has 0 fully saturated rings. The maximum absolute atomic E-state index is 12.1. The van der Waals surface area contributed by atoms with Crippen LogP contribution in [0.4, 0.5) is 5.69 Å². The Morgan fingerprint density at radius 1 is 1.33 bits per heavy atom. The Morgan fingerprint density at radius 2 is 2.05 bits per heavy atom. The number of halogens is 1. The van der Waals surface area contributed by atoms with E-state index in [1.54, 1.807) is 6.07 Å². The summed E-state index contributed by atoms with van der Waals surface area (Å²) in [4.78, 5) is 13.0. The molecule has 0 atom stereocenters. The lowest BCUT2D eigenvalue weighted by molar-refractivity contribution is 0.0951. The van der Waals surface area contributed by atoms with Crippen molar-refractivity contribution in [1.82, 2.24) is 5.32 Å². The number of benzene rings is 1. The number of thiophene rings is 1. The first kappa shape index (κ1) is 15.8. The first-order chi connectivity index (χ1) is 9.75. The number of hydrogen-bond donors (Lipinski definition) is 2. The van der Waals surface area contributed by atoms with E-state index in [1.165, 1.54) is 29.5 Å². The van der Waals surface area contributed by atoms with Crippen LogP contribution in [0.25, 0.3) is 0 Å². The fourth-order valence-electron chi connectivity index (χ4n) is 1.68. The van der Waals surface area contributed by atoms with Crippen LogP contribution in [0, 0.1) is 0 Å². The van der Waals surface area contributed by atoms with Crippen molar-refractivity contribution >= 4 is 44.4 Å². The highest BCUT2D eigenvalue weighted by Gasteiger charge is 2.13. The van der Waals surface area contributed by atoms with Crippen LogP contribution in [-0.2, 0) is 16.4 Å². The molecule has 0 aliphatic rings. The average Bonchev–Trinajstić information content (AvgIpc) is 2.80. The molecule has 0 bridgehead atoms. The lowest BCUT2D eigenvalue weighted by Crippen LogP contribution is -2.22. The number of rotatable bonds is 4. The lowest BCUT2D eigenvalue weighted by atomic mass is 10.2. The molecule has 0 saturated carbocycles. The van der Waals surface area contributed by atoms with Gasteiger partial charge in [-0.3, -0.25) is 4.79 Å². The zero-order valence-corrected chi connectivity index (χ0v) is 13.5. The van der Waals surface area contributed by atoms with E-state index in [0.29, 0.717) is 10.9 Å². The van der Waals surface area contributed by atoms with Crippen molar-refractivity contribution in [2.45, 2.75) is 11.4 Å². The molecule has 112 valence electrons. The van der Waals surface area contributed by atoms with Crippen molar-refractivity contribution in [3.8, 4) is 0 Å². The molecular formula is C13H13ClN2O3S2. The Bertz CT molecular complexity index is 784. The Balaban J connectivity index is 2.17. The molecule has 0 aliphatic carbocycles. The average molecular weight is 345 g/mol. The molecule has 0 aliphatic heterocycles. The van der Waals surface area contributed by atoms with Crippen molar-refractivity contribution in [3.63, 3.8) is 0 Å². The second-order valence-corrected chi connectivity index (χ2v) is 8.27. The molecule has 5 nitrogen and oxygen atoms in total. The maximum Gasteiger partial charge on any atom is 0.251 e. The maximum atomic E-state index is 12.1. The number of nitrogens with one attached hydrogen (secondary N) is 1. The van der Waals surface area contributed by atoms with Gasteiger partial charge in [0.2, 0.25) is 0 Å². The molecule has 1 amide bonds. The van der Waals surface area contributed by atoms with Crippen LogP contribution in [-0.4, -0.2) is 20.6 Å². The monoisotopic (exact) mass is 344 g/mol. The zero-order chi connectivity index (χ0) is 15.6. The van der Waals surface area contributed by atoms with Crippen molar-refractivity contribution in [1.29, 1.82) is 0 Å². The Hall–Kier alpha value is -1.57. The van der Waals surface area contributed by atoms with Crippen LogP contribution in [0.15, 0.2) is 35.2 Å². The quantitative estimate of drug-likeness (QED) is 0.833. The van der Waals surface area contributed by atoms with E-state index in [1.807, 2.05) is 6.07 Å². The molecule has 0 unspecified atom stereocenters. The molecule has 21 heavy (non-hydrogen) atoms. The van der Waals surface area contributed by atoms with Gasteiger partial charge >= 0.3 is 0 Å². The SMILES string of the molecule is CS(=O)(=O)c1cc(N)cc(C(=O)NCc2ccc(Cl)s2)c1. The highest BCUT2D eigenvalue weighted by atomic mass is 35.5. The van der Waals surface area contributed by atoms with Gasteiger partial charge in [0.25, 0.3) is 5.91 Å². The second kappa shape index (κ2) is 6.05. The summed E-state index contributed by atoms with van der Waals surface area (Å²) in [5.74, 6) is -0.392. The highest BCUT2D eigenvalue weighted by Crippen LogP contribution is 2.21. The van der Waals surface area contributed by atoms with E-state index < -0.39 is 15.7 Å². The first-order valence-corrected chi connectivity index (χ1v) is 8.97. The largest absolute Gasteiger partial charge is 0.399 e. The molecule has 0 saturated heterocycles. The third kappa shape index (κ3) is 4.20. The van der Waals surface area contributed by atoms with E-state index in [4.69, 9.17) is 17.3 Å². The fraction of sp³-hybridized carbons (Fsp3) is 0.154. The van der Waals surface area contributed by atoms with Gasteiger partial charge in [0.15, 0.2) is 9.84 Å². The second-order valence-electron chi connectivity index (χ2n) is 4.45. The van der Waals surface area contributed by atoms with Gasteiger partial charge in [-0.2, -0.15) is 0 Å². The van der Waals surface area contributed by atoms with E-state index >= 15 is 0 Å². The van der Waals surface area contributed by atoms with Crippen LogP contribution >= 0.6 is 22.9 Å². The third-order valence-electron chi connectivity index (χ3n) is 2.67. The number of hydrogen-bond acceptors (Lipinski definition) is 5. The number of nitrogen functional groups attached to an aromatic ring is 1. The normalized spacial score (nSPS) is 11.3. The molecule has 2 rings (SSSR count). The van der Waals surface area contributed by atoms with Gasteiger partial charge in [0.1, 0.15) is 0 Å². The molecule has 2 aromatic rings. The smallest absolute Gasteiger partial charge is 0.251 e. The number of anilines is 1. The van der Waals surface area contributed by atoms with Crippen LogP contribution in [0.2, 0.25) is 4.34 Å². The van der Waals surface area contributed by atoms with E-state index in [2.05, 4.69) is 5.32 Å². The number of sulfone groups is 1. The van der Waals surface area contributed by atoms with Gasteiger partial charge in [-0.15, -0.1) is 11.3 Å².